The van der Waals surface area contributed by atoms with Crippen LogP contribution in [0.25, 0.3) is 0 Å². The highest BCUT2D eigenvalue weighted by Crippen LogP contribution is 2.32. The van der Waals surface area contributed by atoms with E-state index in [-0.39, 0.29) is 5.91 Å². The minimum Gasteiger partial charge on any atom is -0.339 e. The van der Waals surface area contributed by atoms with E-state index in [1.165, 1.54) is 7.05 Å². The largest absolute Gasteiger partial charge is 0.339 e. The fourth-order valence-corrected chi connectivity index (χ4v) is 3.82. The Bertz CT molecular complexity index is 833. The van der Waals surface area contributed by atoms with Crippen LogP contribution in [0.5, 0.6) is 0 Å². The second-order valence-electron chi connectivity index (χ2n) is 7.04. The molecule has 0 aromatic heterocycles. The van der Waals surface area contributed by atoms with E-state index in [4.69, 9.17) is 0 Å². The Morgan fingerprint density at radius 1 is 1.07 bits per heavy atom. The van der Waals surface area contributed by atoms with Crippen LogP contribution in [0.4, 0.5) is 11.4 Å². The van der Waals surface area contributed by atoms with Gasteiger partial charge in [0.15, 0.2) is 0 Å². The Balaban J connectivity index is 0.00000155. The number of nitrogens with one attached hydrogen (secondary N) is 1. The second-order valence-corrected chi connectivity index (χ2v) is 7.04. The van der Waals surface area contributed by atoms with E-state index in [0.29, 0.717) is 30.3 Å². The molecule has 2 aromatic carbocycles. The number of rotatable bonds is 6. The Morgan fingerprint density at radius 3 is 2.27 bits per heavy atom. The van der Waals surface area contributed by atoms with Crippen molar-refractivity contribution in [2.45, 2.75) is 32.7 Å². The van der Waals surface area contributed by atoms with Crippen LogP contribution in [0.3, 0.4) is 0 Å². The van der Waals surface area contributed by atoms with Gasteiger partial charge in [-0.2, -0.15) is 5.26 Å². The molecule has 6 nitrogen and oxygen atoms in total. The Kier molecular flexibility index (Phi) is 9.33. The number of hydrogen-bond acceptors (Lipinski definition) is 5. The zero-order chi connectivity index (χ0) is 21.9. The summed E-state index contributed by atoms with van der Waals surface area (Å²) in [5.74, 6) is 0.0662. The highest BCUT2D eigenvalue weighted by atomic mass is 16.2. The van der Waals surface area contributed by atoms with Gasteiger partial charge in [-0.1, -0.05) is 6.07 Å². The Labute approximate surface area is 180 Å². The number of hydrogen-bond donors (Lipinski definition) is 2. The van der Waals surface area contributed by atoms with Crippen molar-refractivity contribution < 1.29 is 4.79 Å². The van der Waals surface area contributed by atoms with E-state index in [9.17, 15) is 10.1 Å². The van der Waals surface area contributed by atoms with Gasteiger partial charge in [0, 0.05) is 36.1 Å². The first-order chi connectivity index (χ1) is 14.7. The molecule has 1 heterocycles. The molecule has 0 saturated carbocycles. The Morgan fingerprint density at radius 2 is 1.70 bits per heavy atom. The zero-order valence-electron chi connectivity index (χ0n) is 18.3. The maximum absolute atomic E-state index is 12.6. The van der Waals surface area contributed by atoms with Crippen molar-refractivity contribution in [1.82, 2.24) is 10.2 Å². The first-order valence-corrected chi connectivity index (χ1v) is 10.6. The monoisotopic (exact) mass is 407 g/mol. The van der Waals surface area contributed by atoms with Gasteiger partial charge >= 0.3 is 0 Å². The van der Waals surface area contributed by atoms with Crippen LogP contribution >= 0.6 is 0 Å². The molecule has 0 unspecified atom stereocenters. The predicted octanol–water partition coefficient (Wildman–Crippen LogP) is 3.51. The fourth-order valence-electron chi connectivity index (χ4n) is 3.82. The molecule has 1 aliphatic rings. The van der Waals surface area contributed by atoms with Gasteiger partial charge in [-0.25, -0.2) is 0 Å². The molecule has 160 valence electrons. The summed E-state index contributed by atoms with van der Waals surface area (Å²) in [7, 11) is 1.50. The van der Waals surface area contributed by atoms with Crippen molar-refractivity contribution in [1.29, 1.82) is 5.26 Å². The average molecular weight is 408 g/mol. The number of amides is 1. The maximum Gasteiger partial charge on any atom is 0.253 e. The second kappa shape index (κ2) is 12.0. The number of anilines is 2. The summed E-state index contributed by atoms with van der Waals surface area (Å²) in [6.07, 6.45) is 2.08. The van der Waals surface area contributed by atoms with Crippen molar-refractivity contribution in [2.24, 2.45) is 5.73 Å². The molecular weight excluding hydrogens is 374 g/mol. The molecule has 1 aliphatic heterocycles. The lowest BCUT2D eigenvalue weighted by Crippen LogP contribution is -2.41. The van der Waals surface area contributed by atoms with Gasteiger partial charge in [-0.3, -0.25) is 4.79 Å². The number of nitriles is 1. The maximum atomic E-state index is 12.6. The molecule has 0 atom stereocenters. The van der Waals surface area contributed by atoms with Gasteiger partial charge in [-0.05, 0) is 89.3 Å². The average Bonchev–Trinajstić information content (AvgIpc) is 2.82. The fraction of sp³-hybridized carbons (Fsp3) is 0.417. The molecule has 0 aliphatic carbocycles. The summed E-state index contributed by atoms with van der Waals surface area (Å²) in [6.45, 7) is 7.38. The molecule has 2 aromatic rings. The van der Waals surface area contributed by atoms with Gasteiger partial charge in [0.05, 0.1) is 11.6 Å². The van der Waals surface area contributed by atoms with Gasteiger partial charge in [-0.15, -0.1) is 0 Å². The molecule has 3 rings (SSSR count). The topological polar surface area (TPSA) is 85.4 Å². The van der Waals surface area contributed by atoms with Gasteiger partial charge < -0.3 is 20.9 Å². The molecule has 1 fully saturated rings. The standard InChI is InChI=1S/C23H28N4O.CH5N/c1-3-26(4-2)23(28)19-8-10-20(11-9-19)27(21-12-14-25-15-13-21)22-7-5-6-18(16-22)17-24;1-2/h5-11,16,21,25H,3-4,12-15H2,1-2H3;2H2,1H3. The van der Waals surface area contributed by atoms with E-state index in [0.717, 1.165) is 37.3 Å². The molecule has 0 bridgehead atoms. The lowest BCUT2D eigenvalue weighted by molar-refractivity contribution is 0.0773. The summed E-state index contributed by atoms with van der Waals surface area (Å²) in [5, 5.41) is 12.7. The van der Waals surface area contributed by atoms with Crippen LogP contribution in [0.1, 0.15) is 42.6 Å². The number of carbonyl (C=O) groups excluding carboxylic acids is 1. The van der Waals surface area contributed by atoms with Crippen molar-refractivity contribution in [3.05, 3.63) is 59.7 Å². The smallest absolute Gasteiger partial charge is 0.253 e. The summed E-state index contributed by atoms with van der Waals surface area (Å²) < 4.78 is 0. The van der Waals surface area contributed by atoms with Crippen molar-refractivity contribution in [2.75, 3.05) is 38.1 Å². The molecule has 1 amide bonds. The van der Waals surface area contributed by atoms with Gasteiger partial charge in [0.25, 0.3) is 5.91 Å². The highest BCUT2D eigenvalue weighted by Gasteiger charge is 2.23. The third-order valence-electron chi connectivity index (χ3n) is 5.37. The van der Waals surface area contributed by atoms with Crippen LogP contribution < -0.4 is 16.0 Å². The third-order valence-corrected chi connectivity index (χ3v) is 5.37. The number of piperidine rings is 1. The number of nitrogens with two attached hydrogens (primary N) is 1. The summed E-state index contributed by atoms with van der Waals surface area (Å²) in [5.41, 5.74) is 7.94. The van der Waals surface area contributed by atoms with E-state index < -0.39 is 0 Å². The summed E-state index contributed by atoms with van der Waals surface area (Å²) >= 11 is 0. The van der Waals surface area contributed by atoms with Gasteiger partial charge in [0.2, 0.25) is 0 Å². The number of carbonyl (C=O) groups is 1. The normalized spacial score (nSPS) is 13.6. The molecule has 30 heavy (non-hydrogen) atoms. The lowest BCUT2D eigenvalue weighted by Gasteiger charge is -2.36. The van der Waals surface area contributed by atoms with Crippen molar-refractivity contribution in [3.8, 4) is 6.07 Å². The van der Waals surface area contributed by atoms with Crippen LogP contribution in [0.2, 0.25) is 0 Å². The van der Waals surface area contributed by atoms with E-state index in [1.807, 2.05) is 61.2 Å². The lowest BCUT2D eigenvalue weighted by atomic mass is 10.0. The number of nitrogens with zero attached hydrogens (tertiary/aromatic N) is 3. The number of benzene rings is 2. The molecule has 0 radical (unpaired) electrons. The Hall–Kier alpha value is -2.88. The zero-order valence-corrected chi connectivity index (χ0v) is 18.3. The third kappa shape index (κ3) is 5.59. The van der Waals surface area contributed by atoms with Crippen LogP contribution in [-0.4, -0.2) is 50.1 Å². The summed E-state index contributed by atoms with van der Waals surface area (Å²) in [6, 6.07) is 18.2. The van der Waals surface area contributed by atoms with Crippen molar-refractivity contribution in [3.63, 3.8) is 0 Å². The summed E-state index contributed by atoms with van der Waals surface area (Å²) in [4.78, 5) is 16.8. The van der Waals surface area contributed by atoms with Crippen LogP contribution in [-0.2, 0) is 0 Å². The molecule has 1 saturated heterocycles. The quantitative estimate of drug-likeness (QED) is 0.765. The van der Waals surface area contributed by atoms with Crippen LogP contribution in [0.15, 0.2) is 48.5 Å². The van der Waals surface area contributed by atoms with E-state index >= 15 is 0 Å². The molecular formula is C24H33N5O. The van der Waals surface area contributed by atoms with Gasteiger partial charge in [0.1, 0.15) is 0 Å². The van der Waals surface area contributed by atoms with Crippen molar-refractivity contribution >= 4 is 17.3 Å². The first kappa shape index (κ1) is 23.4. The highest BCUT2D eigenvalue weighted by molar-refractivity contribution is 5.94. The molecule has 6 heteroatoms. The van der Waals surface area contributed by atoms with E-state index in [1.54, 1.807) is 0 Å². The molecule has 0 spiro atoms. The first-order valence-electron chi connectivity index (χ1n) is 10.6. The minimum absolute atomic E-state index is 0.0662. The minimum atomic E-state index is 0.0662. The molecule has 3 N–H and O–H groups in total. The predicted molar refractivity (Wildman–Crippen MR) is 123 cm³/mol. The van der Waals surface area contributed by atoms with E-state index in [2.05, 4.69) is 28.1 Å². The van der Waals surface area contributed by atoms with Crippen LogP contribution in [0, 0.1) is 11.3 Å². The SMILES string of the molecule is CCN(CC)C(=O)c1ccc(N(c2cccc(C#N)c2)C2CCNCC2)cc1.CN.